The first kappa shape index (κ1) is 9.53. The van der Waals surface area contributed by atoms with Crippen LogP contribution in [0, 0.1) is 0 Å². The summed E-state index contributed by atoms with van der Waals surface area (Å²) < 4.78 is 4.84. The van der Waals surface area contributed by atoms with Crippen molar-refractivity contribution in [3.05, 3.63) is 18.0 Å². The lowest BCUT2D eigenvalue weighted by molar-refractivity contribution is 0.314. The molecule has 6 nitrogen and oxygen atoms in total. The van der Waals surface area contributed by atoms with Crippen LogP contribution >= 0.6 is 0 Å². The number of aromatic nitrogens is 1. The van der Waals surface area contributed by atoms with Crippen LogP contribution in [0.2, 0.25) is 0 Å². The summed E-state index contributed by atoms with van der Waals surface area (Å²) in [5, 5.41) is 17.7. The Labute approximate surface area is 75.4 Å². The summed E-state index contributed by atoms with van der Waals surface area (Å²) in [5.41, 5.74) is 5.35. The highest BCUT2D eigenvalue weighted by molar-refractivity contribution is 5.84. The van der Waals surface area contributed by atoms with Crippen molar-refractivity contribution in [2.45, 2.75) is 19.5 Å². The molecule has 13 heavy (non-hydrogen) atoms. The van der Waals surface area contributed by atoms with E-state index in [1.54, 1.807) is 19.2 Å². The van der Waals surface area contributed by atoms with Crippen molar-refractivity contribution in [3.63, 3.8) is 0 Å². The minimum Gasteiger partial charge on any atom is -0.409 e. The molecule has 0 aliphatic carbocycles. The monoisotopic (exact) mass is 184 g/mol. The van der Waals surface area contributed by atoms with Crippen LogP contribution in [0.15, 0.2) is 21.9 Å². The molecule has 0 saturated carbocycles. The van der Waals surface area contributed by atoms with Gasteiger partial charge in [0, 0.05) is 6.07 Å². The van der Waals surface area contributed by atoms with Gasteiger partial charge in [-0.3, -0.25) is 0 Å². The third-order valence-corrected chi connectivity index (χ3v) is 1.63. The molecule has 4 N–H and O–H groups in total. The zero-order chi connectivity index (χ0) is 9.68. The van der Waals surface area contributed by atoms with Gasteiger partial charge in [-0.15, -0.1) is 0 Å². The number of oxime groups is 1. The number of nitrogens with two attached hydrogens (primary N) is 1. The molecule has 6 heteroatoms. The summed E-state index contributed by atoms with van der Waals surface area (Å²) in [6, 6.07) is 1.54. The zero-order valence-electron chi connectivity index (χ0n) is 7.27. The van der Waals surface area contributed by atoms with E-state index in [9.17, 15) is 0 Å². The molecule has 1 aromatic rings. The van der Waals surface area contributed by atoms with Crippen LogP contribution in [0.4, 0.5) is 0 Å². The van der Waals surface area contributed by atoms with Crippen molar-refractivity contribution >= 4 is 5.84 Å². The lowest BCUT2D eigenvalue weighted by Crippen LogP contribution is -2.38. The van der Waals surface area contributed by atoms with Crippen LogP contribution in [-0.4, -0.2) is 22.2 Å². The van der Waals surface area contributed by atoms with Crippen molar-refractivity contribution in [1.29, 1.82) is 0 Å². The van der Waals surface area contributed by atoms with Crippen LogP contribution in [0.5, 0.6) is 0 Å². The molecule has 72 valence electrons. The van der Waals surface area contributed by atoms with E-state index < -0.39 is 0 Å². The second-order valence-electron chi connectivity index (χ2n) is 2.61. The van der Waals surface area contributed by atoms with Crippen molar-refractivity contribution in [2.75, 3.05) is 0 Å². The molecular formula is C7H12N4O2. The summed E-state index contributed by atoms with van der Waals surface area (Å²) in [4.78, 5) is 0. The molecule has 0 aromatic carbocycles. The van der Waals surface area contributed by atoms with Crippen molar-refractivity contribution in [3.8, 4) is 0 Å². The highest BCUT2D eigenvalue weighted by atomic mass is 16.5. The summed E-state index contributed by atoms with van der Waals surface area (Å²) in [6.07, 6.45) is 1.56. The van der Waals surface area contributed by atoms with Gasteiger partial charge in [0.05, 0.1) is 18.8 Å². The molecule has 1 heterocycles. The third kappa shape index (κ3) is 2.75. The van der Waals surface area contributed by atoms with Gasteiger partial charge in [-0.25, -0.2) is 0 Å². The van der Waals surface area contributed by atoms with E-state index in [-0.39, 0.29) is 11.9 Å². The van der Waals surface area contributed by atoms with E-state index in [1.807, 2.05) is 0 Å². The maximum absolute atomic E-state index is 8.35. The fourth-order valence-electron chi connectivity index (χ4n) is 0.778. The molecule has 0 bridgehead atoms. The van der Waals surface area contributed by atoms with E-state index in [2.05, 4.69) is 15.6 Å². The smallest absolute Gasteiger partial charge is 0.156 e. The molecule has 0 radical (unpaired) electrons. The SMILES string of the molecule is CC(NCc1ccno1)C(N)=NO. The molecule has 0 spiro atoms. The summed E-state index contributed by atoms with van der Waals surface area (Å²) in [6.45, 7) is 2.28. The maximum Gasteiger partial charge on any atom is 0.156 e. The average Bonchev–Trinajstić information content (AvgIpc) is 2.65. The van der Waals surface area contributed by atoms with E-state index in [4.69, 9.17) is 15.5 Å². The van der Waals surface area contributed by atoms with E-state index in [0.29, 0.717) is 12.3 Å². The van der Waals surface area contributed by atoms with Crippen LogP contribution in [0.3, 0.4) is 0 Å². The second-order valence-corrected chi connectivity index (χ2v) is 2.61. The Bertz CT molecular complexity index is 270. The molecule has 1 aromatic heterocycles. The number of hydrogen-bond donors (Lipinski definition) is 3. The van der Waals surface area contributed by atoms with Gasteiger partial charge in [-0.1, -0.05) is 10.3 Å². The Kier molecular flexibility index (Phi) is 3.27. The minimum atomic E-state index is -0.199. The normalized spacial score (nSPS) is 14.4. The number of amidine groups is 1. The fourth-order valence-corrected chi connectivity index (χ4v) is 0.778. The summed E-state index contributed by atoms with van der Waals surface area (Å²) >= 11 is 0. The van der Waals surface area contributed by atoms with E-state index >= 15 is 0 Å². The fraction of sp³-hybridized carbons (Fsp3) is 0.429. The first-order valence-corrected chi connectivity index (χ1v) is 3.84. The largest absolute Gasteiger partial charge is 0.409 e. The predicted octanol–water partition coefficient (Wildman–Crippen LogP) is -0.101. The van der Waals surface area contributed by atoms with Crippen LogP contribution < -0.4 is 11.1 Å². The van der Waals surface area contributed by atoms with Crippen molar-refractivity contribution in [2.24, 2.45) is 10.9 Å². The Morgan fingerprint density at radius 1 is 1.92 bits per heavy atom. The van der Waals surface area contributed by atoms with Crippen LogP contribution in [0.1, 0.15) is 12.7 Å². The Morgan fingerprint density at radius 2 is 2.69 bits per heavy atom. The number of nitrogens with zero attached hydrogens (tertiary/aromatic N) is 2. The first-order valence-electron chi connectivity index (χ1n) is 3.84. The van der Waals surface area contributed by atoms with E-state index in [1.165, 1.54) is 0 Å². The molecule has 1 rings (SSSR count). The van der Waals surface area contributed by atoms with Gasteiger partial charge in [0.2, 0.25) is 0 Å². The summed E-state index contributed by atoms with van der Waals surface area (Å²) in [5.74, 6) is 0.845. The summed E-state index contributed by atoms with van der Waals surface area (Å²) in [7, 11) is 0. The standard InChI is InChI=1S/C7H12N4O2/c1-5(7(8)11-12)9-4-6-2-3-10-13-6/h2-3,5,9,12H,4H2,1H3,(H2,8,11). The molecule has 1 unspecified atom stereocenters. The van der Waals surface area contributed by atoms with Gasteiger partial charge < -0.3 is 20.8 Å². The molecule has 0 saturated heterocycles. The lowest BCUT2D eigenvalue weighted by atomic mass is 10.3. The molecule has 1 atom stereocenters. The Hall–Kier alpha value is -1.56. The van der Waals surface area contributed by atoms with Crippen LogP contribution in [0.25, 0.3) is 0 Å². The average molecular weight is 184 g/mol. The molecule has 0 aliphatic rings. The van der Waals surface area contributed by atoms with Gasteiger partial charge in [0.15, 0.2) is 5.84 Å². The quantitative estimate of drug-likeness (QED) is 0.263. The lowest BCUT2D eigenvalue weighted by Gasteiger charge is -2.09. The van der Waals surface area contributed by atoms with Gasteiger partial charge in [0.1, 0.15) is 5.76 Å². The predicted molar refractivity (Wildman–Crippen MR) is 46.2 cm³/mol. The molecule has 0 aliphatic heterocycles. The highest BCUT2D eigenvalue weighted by Crippen LogP contribution is 1.95. The number of hydrogen-bond acceptors (Lipinski definition) is 5. The third-order valence-electron chi connectivity index (χ3n) is 1.63. The van der Waals surface area contributed by atoms with E-state index in [0.717, 1.165) is 0 Å². The van der Waals surface area contributed by atoms with Gasteiger partial charge in [0.25, 0.3) is 0 Å². The molecule has 0 amide bonds. The van der Waals surface area contributed by atoms with Gasteiger partial charge in [-0.05, 0) is 6.92 Å². The topological polar surface area (TPSA) is 96.7 Å². The van der Waals surface area contributed by atoms with Crippen molar-refractivity contribution < 1.29 is 9.73 Å². The second kappa shape index (κ2) is 4.46. The van der Waals surface area contributed by atoms with Gasteiger partial charge >= 0.3 is 0 Å². The van der Waals surface area contributed by atoms with Crippen molar-refractivity contribution in [1.82, 2.24) is 10.5 Å². The van der Waals surface area contributed by atoms with Gasteiger partial charge in [-0.2, -0.15) is 0 Å². The maximum atomic E-state index is 8.35. The molecular weight excluding hydrogens is 172 g/mol. The number of nitrogens with one attached hydrogen (secondary N) is 1. The minimum absolute atomic E-state index is 0.138. The Balaban J connectivity index is 2.35. The first-order chi connectivity index (χ1) is 6.24. The number of rotatable bonds is 4. The zero-order valence-corrected chi connectivity index (χ0v) is 7.27. The highest BCUT2D eigenvalue weighted by Gasteiger charge is 2.07. The molecule has 0 fully saturated rings. The van der Waals surface area contributed by atoms with Crippen LogP contribution in [-0.2, 0) is 6.54 Å². The Morgan fingerprint density at radius 3 is 3.23 bits per heavy atom.